The molecule has 0 spiro atoms. The Labute approximate surface area is 140 Å². The Balaban J connectivity index is 0.00000361. The highest BCUT2D eigenvalue weighted by Crippen LogP contribution is 2.13. The number of nitrogens with zero attached hydrogens (tertiary/aromatic N) is 2. The second-order valence-electron chi connectivity index (χ2n) is 5.12. The van der Waals surface area contributed by atoms with Gasteiger partial charge in [0.25, 0.3) is 0 Å². The molecule has 1 aliphatic rings. The fraction of sp³-hybridized carbons (Fsp3) is 0.929. The van der Waals surface area contributed by atoms with Crippen LogP contribution < -0.4 is 5.32 Å². The van der Waals surface area contributed by atoms with Gasteiger partial charge < -0.3 is 20.1 Å². The summed E-state index contributed by atoms with van der Waals surface area (Å²) in [4.78, 5) is 6.90. The molecule has 2 N–H and O–H groups in total. The molecule has 0 bridgehead atoms. The molecule has 1 heterocycles. The lowest BCUT2D eigenvalue weighted by molar-refractivity contribution is 0.0263. The third kappa shape index (κ3) is 7.08. The lowest BCUT2D eigenvalue weighted by Crippen LogP contribution is -2.47. The Morgan fingerprint density at radius 3 is 2.55 bits per heavy atom. The number of aliphatic hydroxyl groups is 1. The number of aliphatic hydroxyl groups excluding tert-OH is 1. The molecule has 0 radical (unpaired) electrons. The van der Waals surface area contributed by atoms with Gasteiger partial charge in [-0.2, -0.15) is 0 Å². The van der Waals surface area contributed by atoms with Gasteiger partial charge >= 0.3 is 0 Å². The van der Waals surface area contributed by atoms with Crippen LogP contribution in [0.2, 0.25) is 0 Å². The van der Waals surface area contributed by atoms with Crippen LogP contribution in [-0.2, 0) is 4.74 Å². The highest BCUT2D eigenvalue weighted by molar-refractivity contribution is 14.0. The number of ether oxygens (including phenoxy) is 1. The number of nitrogens with one attached hydrogen (secondary N) is 1. The summed E-state index contributed by atoms with van der Waals surface area (Å²) in [6, 6.07) is 0. The summed E-state index contributed by atoms with van der Waals surface area (Å²) in [5.41, 5.74) is 0. The first-order valence-corrected chi connectivity index (χ1v) is 7.46. The van der Waals surface area contributed by atoms with Crippen LogP contribution in [-0.4, -0.2) is 61.5 Å². The van der Waals surface area contributed by atoms with E-state index in [1.54, 1.807) is 0 Å². The molecular weight excluding hydrogens is 369 g/mol. The average molecular weight is 399 g/mol. The number of hydrogen-bond acceptors (Lipinski definition) is 3. The van der Waals surface area contributed by atoms with Crippen LogP contribution in [0.4, 0.5) is 0 Å². The van der Waals surface area contributed by atoms with Crippen molar-refractivity contribution in [3.63, 3.8) is 0 Å². The smallest absolute Gasteiger partial charge is 0.193 e. The molecule has 1 aliphatic heterocycles. The fourth-order valence-electron chi connectivity index (χ4n) is 2.20. The summed E-state index contributed by atoms with van der Waals surface area (Å²) in [6.45, 7) is 10.7. The van der Waals surface area contributed by atoms with E-state index in [-0.39, 0.29) is 36.5 Å². The number of aliphatic imine (C=N–C) groups is 1. The van der Waals surface area contributed by atoms with Gasteiger partial charge in [-0.25, -0.2) is 0 Å². The Bertz CT molecular complexity index is 269. The minimum absolute atomic E-state index is 0. The molecule has 1 fully saturated rings. The van der Waals surface area contributed by atoms with E-state index in [1.807, 2.05) is 13.8 Å². The van der Waals surface area contributed by atoms with Gasteiger partial charge in [-0.3, -0.25) is 4.99 Å². The number of halogens is 1. The highest BCUT2D eigenvalue weighted by Gasteiger charge is 2.21. The molecule has 0 aliphatic carbocycles. The van der Waals surface area contributed by atoms with Crippen molar-refractivity contribution in [2.24, 2.45) is 10.9 Å². The van der Waals surface area contributed by atoms with E-state index >= 15 is 0 Å². The molecule has 0 aromatic carbocycles. The van der Waals surface area contributed by atoms with Gasteiger partial charge in [-0.1, -0.05) is 6.92 Å². The predicted octanol–water partition coefficient (Wildman–Crippen LogP) is 1.70. The van der Waals surface area contributed by atoms with Gasteiger partial charge in [-0.15, -0.1) is 24.0 Å². The van der Waals surface area contributed by atoms with Crippen LogP contribution in [0.1, 0.15) is 33.6 Å². The molecule has 0 amide bonds. The molecule has 1 atom stereocenters. The average Bonchev–Trinajstić information content (AvgIpc) is 2.44. The molecule has 1 unspecified atom stereocenters. The molecule has 20 heavy (non-hydrogen) atoms. The summed E-state index contributed by atoms with van der Waals surface area (Å²) in [5, 5.41) is 12.4. The van der Waals surface area contributed by atoms with E-state index < -0.39 is 0 Å². The highest BCUT2D eigenvalue weighted by atomic mass is 127. The van der Waals surface area contributed by atoms with Gasteiger partial charge in [0.2, 0.25) is 0 Å². The predicted molar refractivity (Wildman–Crippen MR) is 93.9 cm³/mol. The third-order valence-corrected chi connectivity index (χ3v) is 3.34. The molecular formula is C14H30IN3O2. The number of hydrogen-bond donors (Lipinski definition) is 2. The minimum Gasteiger partial charge on any atom is -0.396 e. The van der Waals surface area contributed by atoms with Gasteiger partial charge in [0.15, 0.2) is 5.96 Å². The molecule has 1 rings (SSSR count). The van der Waals surface area contributed by atoms with Gasteiger partial charge in [-0.05, 0) is 32.6 Å². The van der Waals surface area contributed by atoms with Gasteiger partial charge in [0, 0.05) is 39.4 Å². The Morgan fingerprint density at radius 2 is 2.05 bits per heavy atom. The molecule has 0 aromatic rings. The summed E-state index contributed by atoms with van der Waals surface area (Å²) < 4.78 is 5.67. The number of piperidine rings is 1. The molecule has 0 aromatic heterocycles. The van der Waals surface area contributed by atoms with Crippen molar-refractivity contribution in [3.8, 4) is 0 Å². The molecule has 120 valence electrons. The maximum atomic E-state index is 9.06. The van der Waals surface area contributed by atoms with Gasteiger partial charge in [0.1, 0.15) is 0 Å². The second-order valence-corrected chi connectivity index (χ2v) is 5.12. The van der Waals surface area contributed by atoms with Crippen molar-refractivity contribution < 1.29 is 9.84 Å². The third-order valence-electron chi connectivity index (χ3n) is 3.34. The normalized spacial score (nSPS) is 18.6. The van der Waals surface area contributed by atoms with Crippen LogP contribution >= 0.6 is 24.0 Å². The largest absolute Gasteiger partial charge is 0.396 e. The van der Waals surface area contributed by atoms with Crippen LogP contribution in [0.5, 0.6) is 0 Å². The van der Waals surface area contributed by atoms with Crippen molar-refractivity contribution in [1.29, 1.82) is 0 Å². The van der Waals surface area contributed by atoms with Crippen LogP contribution in [0.3, 0.4) is 0 Å². The van der Waals surface area contributed by atoms with Crippen LogP contribution in [0.15, 0.2) is 4.99 Å². The van der Waals surface area contributed by atoms with Crippen molar-refractivity contribution in [2.75, 3.05) is 39.4 Å². The Hall–Kier alpha value is -0.0800. The zero-order chi connectivity index (χ0) is 14.1. The first-order chi connectivity index (χ1) is 9.21. The summed E-state index contributed by atoms with van der Waals surface area (Å²) >= 11 is 0. The maximum Gasteiger partial charge on any atom is 0.193 e. The van der Waals surface area contributed by atoms with Crippen molar-refractivity contribution in [1.82, 2.24) is 10.2 Å². The monoisotopic (exact) mass is 399 g/mol. The first kappa shape index (κ1) is 19.9. The SMILES string of the molecule is CCNC(=NCC(C)CO)N1CCC(OCC)CC1.I. The summed E-state index contributed by atoms with van der Waals surface area (Å²) in [6.07, 6.45) is 2.53. The van der Waals surface area contributed by atoms with Crippen molar-refractivity contribution >= 4 is 29.9 Å². The maximum absolute atomic E-state index is 9.06. The van der Waals surface area contributed by atoms with E-state index in [9.17, 15) is 0 Å². The zero-order valence-electron chi connectivity index (χ0n) is 13.0. The first-order valence-electron chi connectivity index (χ1n) is 7.46. The summed E-state index contributed by atoms with van der Waals surface area (Å²) in [5.74, 6) is 1.19. The second kappa shape index (κ2) is 11.6. The van der Waals surface area contributed by atoms with E-state index in [4.69, 9.17) is 9.84 Å². The fourth-order valence-corrected chi connectivity index (χ4v) is 2.20. The minimum atomic E-state index is 0. The van der Waals surface area contributed by atoms with Crippen LogP contribution in [0.25, 0.3) is 0 Å². The van der Waals surface area contributed by atoms with Gasteiger partial charge in [0.05, 0.1) is 6.10 Å². The zero-order valence-corrected chi connectivity index (χ0v) is 15.3. The number of rotatable bonds is 6. The topological polar surface area (TPSA) is 57.1 Å². The van der Waals surface area contributed by atoms with E-state index in [1.165, 1.54) is 0 Å². The molecule has 1 saturated heterocycles. The number of likely N-dealkylation sites (tertiary alicyclic amines) is 1. The van der Waals surface area contributed by atoms with Crippen molar-refractivity contribution in [2.45, 2.75) is 39.7 Å². The standard InChI is InChI=1S/C14H29N3O2.HI/c1-4-15-14(16-10-12(3)11-18)17-8-6-13(7-9-17)19-5-2;/h12-13,18H,4-11H2,1-3H3,(H,15,16);1H. The lowest BCUT2D eigenvalue weighted by Gasteiger charge is -2.34. The molecule has 0 saturated carbocycles. The molecule has 6 heteroatoms. The quantitative estimate of drug-likeness (QED) is 0.406. The Kier molecular flexibility index (Phi) is 11.5. The molecule has 5 nitrogen and oxygen atoms in total. The van der Waals surface area contributed by atoms with E-state index in [0.717, 1.165) is 45.0 Å². The Morgan fingerprint density at radius 1 is 1.40 bits per heavy atom. The lowest BCUT2D eigenvalue weighted by atomic mass is 10.1. The van der Waals surface area contributed by atoms with E-state index in [2.05, 4.69) is 22.1 Å². The van der Waals surface area contributed by atoms with Crippen molar-refractivity contribution in [3.05, 3.63) is 0 Å². The summed E-state index contributed by atoms with van der Waals surface area (Å²) in [7, 11) is 0. The van der Waals surface area contributed by atoms with E-state index in [0.29, 0.717) is 12.6 Å². The number of guanidine groups is 1. The van der Waals surface area contributed by atoms with Crippen LogP contribution in [0, 0.1) is 5.92 Å².